The first-order valence-corrected chi connectivity index (χ1v) is 10.9. The quantitative estimate of drug-likeness (QED) is 0.270. The molecular formula is C23H19ClN2O4S. The van der Waals surface area contributed by atoms with Crippen molar-refractivity contribution in [1.82, 2.24) is 9.38 Å². The van der Waals surface area contributed by atoms with Gasteiger partial charge in [0.1, 0.15) is 23.7 Å². The fourth-order valence-electron chi connectivity index (χ4n) is 3.17. The molecule has 6 nitrogen and oxygen atoms in total. The Morgan fingerprint density at radius 2 is 2.03 bits per heavy atom. The molecule has 0 atom stereocenters. The van der Waals surface area contributed by atoms with Crippen molar-refractivity contribution in [2.24, 2.45) is 0 Å². The first-order valence-electron chi connectivity index (χ1n) is 9.67. The van der Waals surface area contributed by atoms with Gasteiger partial charge in [-0.05, 0) is 30.7 Å². The normalized spacial score (nSPS) is 10.9. The van der Waals surface area contributed by atoms with E-state index in [1.165, 1.54) is 11.3 Å². The monoisotopic (exact) mass is 454 g/mol. The zero-order valence-corrected chi connectivity index (χ0v) is 18.3. The predicted molar refractivity (Wildman–Crippen MR) is 120 cm³/mol. The molecule has 0 amide bonds. The number of esters is 1. The summed E-state index contributed by atoms with van der Waals surface area (Å²) < 4.78 is 12.5. The van der Waals surface area contributed by atoms with Gasteiger partial charge < -0.3 is 9.47 Å². The number of carbonyl (C=O) groups is 2. The molecule has 158 valence electrons. The van der Waals surface area contributed by atoms with E-state index in [1.54, 1.807) is 35.7 Å². The van der Waals surface area contributed by atoms with Gasteiger partial charge in [-0.15, -0.1) is 11.3 Å². The molecule has 0 bridgehead atoms. The van der Waals surface area contributed by atoms with Crippen LogP contribution in [0.25, 0.3) is 16.2 Å². The van der Waals surface area contributed by atoms with Crippen LogP contribution >= 0.6 is 22.9 Å². The molecule has 0 saturated carbocycles. The van der Waals surface area contributed by atoms with Crippen molar-refractivity contribution in [3.8, 4) is 17.0 Å². The van der Waals surface area contributed by atoms with Gasteiger partial charge in [0, 0.05) is 16.6 Å². The third-order valence-corrected chi connectivity index (χ3v) is 5.89. The maximum atomic E-state index is 11.8. The molecule has 4 rings (SSSR count). The maximum Gasteiger partial charge on any atom is 0.311 e. The van der Waals surface area contributed by atoms with Crippen LogP contribution in [0.1, 0.15) is 27.9 Å². The predicted octanol–water partition coefficient (Wildman–Crippen LogP) is 5.21. The molecule has 4 aromatic rings. The smallest absolute Gasteiger partial charge is 0.311 e. The number of benzene rings is 2. The zero-order chi connectivity index (χ0) is 21.8. The van der Waals surface area contributed by atoms with E-state index in [9.17, 15) is 9.59 Å². The number of nitrogens with zero attached hydrogens (tertiary/aromatic N) is 2. The van der Waals surface area contributed by atoms with E-state index < -0.39 is 0 Å². The Morgan fingerprint density at radius 1 is 1.23 bits per heavy atom. The van der Waals surface area contributed by atoms with Crippen LogP contribution < -0.4 is 4.74 Å². The summed E-state index contributed by atoms with van der Waals surface area (Å²) in [4.78, 5) is 29.5. The van der Waals surface area contributed by atoms with Crippen LogP contribution in [0.4, 0.5) is 0 Å². The Morgan fingerprint density at radius 3 is 2.74 bits per heavy atom. The Bertz CT molecular complexity index is 1230. The van der Waals surface area contributed by atoms with E-state index in [0.717, 1.165) is 16.7 Å². The second kappa shape index (κ2) is 9.32. The number of halogens is 1. The van der Waals surface area contributed by atoms with Gasteiger partial charge in [0.15, 0.2) is 11.2 Å². The molecule has 2 aromatic carbocycles. The van der Waals surface area contributed by atoms with Crippen LogP contribution in [-0.4, -0.2) is 28.2 Å². The van der Waals surface area contributed by atoms with Crippen LogP contribution in [0.2, 0.25) is 5.02 Å². The Kier molecular flexibility index (Phi) is 6.34. The van der Waals surface area contributed by atoms with Gasteiger partial charge in [0.25, 0.3) is 0 Å². The molecular weight excluding hydrogens is 436 g/mol. The summed E-state index contributed by atoms with van der Waals surface area (Å²) in [6.45, 7) is 2.52. The minimum atomic E-state index is -0.311. The van der Waals surface area contributed by atoms with Crippen LogP contribution in [0.3, 0.4) is 0 Å². The van der Waals surface area contributed by atoms with Gasteiger partial charge in [-0.25, -0.2) is 4.98 Å². The average Bonchev–Trinajstić information content (AvgIpc) is 3.30. The molecule has 0 saturated heterocycles. The summed E-state index contributed by atoms with van der Waals surface area (Å²) in [5.74, 6) is 0.317. The fourth-order valence-corrected chi connectivity index (χ4v) is 4.40. The summed E-state index contributed by atoms with van der Waals surface area (Å²) in [6.07, 6.45) is 2.62. The summed E-state index contributed by atoms with van der Waals surface area (Å²) in [5.41, 5.74) is 2.56. The molecule has 0 aliphatic rings. The maximum absolute atomic E-state index is 11.8. The zero-order valence-electron chi connectivity index (χ0n) is 16.7. The van der Waals surface area contributed by atoms with E-state index >= 15 is 0 Å². The number of aromatic nitrogens is 2. The van der Waals surface area contributed by atoms with Gasteiger partial charge in [0.2, 0.25) is 0 Å². The van der Waals surface area contributed by atoms with Crippen molar-refractivity contribution in [3.63, 3.8) is 0 Å². The number of ether oxygens (including phenoxy) is 2. The van der Waals surface area contributed by atoms with Gasteiger partial charge in [-0.2, -0.15) is 0 Å². The lowest BCUT2D eigenvalue weighted by atomic mass is 10.1. The van der Waals surface area contributed by atoms with E-state index in [-0.39, 0.29) is 12.4 Å². The molecule has 0 unspecified atom stereocenters. The van der Waals surface area contributed by atoms with Crippen LogP contribution in [0.15, 0.2) is 54.7 Å². The summed E-state index contributed by atoms with van der Waals surface area (Å²) >= 11 is 7.84. The Labute approximate surface area is 188 Å². The van der Waals surface area contributed by atoms with Crippen molar-refractivity contribution < 1.29 is 19.1 Å². The number of aldehydes is 1. The second-order valence-corrected chi connectivity index (χ2v) is 8.21. The summed E-state index contributed by atoms with van der Waals surface area (Å²) in [5, 5.41) is 0.436. The van der Waals surface area contributed by atoms with E-state index in [1.807, 2.05) is 30.3 Å². The van der Waals surface area contributed by atoms with E-state index in [0.29, 0.717) is 45.9 Å². The molecule has 2 aromatic heterocycles. The number of hydrogen-bond donors (Lipinski definition) is 0. The van der Waals surface area contributed by atoms with Gasteiger partial charge in [-0.3, -0.25) is 14.0 Å². The third kappa shape index (κ3) is 4.62. The highest BCUT2D eigenvalue weighted by Gasteiger charge is 2.19. The lowest BCUT2D eigenvalue weighted by Crippen LogP contribution is -2.06. The number of hydrogen-bond acceptors (Lipinski definition) is 6. The van der Waals surface area contributed by atoms with Crippen molar-refractivity contribution >= 4 is 40.2 Å². The Balaban J connectivity index is 1.58. The van der Waals surface area contributed by atoms with Gasteiger partial charge >= 0.3 is 5.97 Å². The lowest BCUT2D eigenvalue weighted by Gasteiger charge is -2.09. The summed E-state index contributed by atoms with van der Waals surface area (Å²) in [7, 11) is 0. The largest absolute Gasteiger partial charge is 0.489 e. The van der Waals surface area contributed by atoms with Crippen molar-refractivity contribution in [3.05, 3.63) is 75.9 Å². The second-order valence-electron chi connectivity index (χ2n) is 6.71. The number of fused-ring (bicyclic) bond motifs is 1. The molecule has 0 spiro atoms. The molecule has 8 heteroatoms. The van der Waals surface area contributed by atoms with Crippen LogP contribution in [-0.2, 0) is 22.6 Å². The first kappa shape index (κ1) is 21.1. The van der Waals surface area contributed by atoms with Gasteiger partial charge in [-0.1, -0.05) is 41.9 Å². The topological polar surface area (TPSA) is 69.9 Å². The van der Waals surface area contributed by atoms with Crippen molar-refractivity contribution in [2.75, 3.05) is 6.61 Å². The molecule has 0 N–H and O–H groups in total. The van der Waals surface area contributed by atoms with Gasteiger partial charge in [0.05, 0.1) is 18.1 Å². The molecule has 2 heterocycles. The standard InChI is InChI=1S/C23H19ClN2O4S/c1-2-29-21(28)11-17-12-26-20(13-27)22(25-23(26)31-17)18-9-8-16(10-19(18)24)30-14-15-6-4-3-5-7-15/h3-10,12-13H,2,11,14H2,1H3. The third-order valence-electron chi connectivity index (χ3n) is 4.59. The SMILES string of the molecule is CCOC(=O)Cc1cn2c(C=O)c(-c3ccc(OCc4ccccc4)cc3Cl)nc2s1. The molecule has 0 radical (unpaired) electrons. The Hall–Kier alpha value is -3.16. The van der Waals surface area contributed by atoms with E-state index in [4.69, 9.17) is 21.1 Å². The minimum absolute atomic E-state index is 0.143. The first-order chi connectivity index (χ1) is 15.1. The lowest BCUT2D eigenvalue weighted by molar-refractivity contribution is -0.142. The highest BCUT2D eigenvalue weighted by molar-refractivity contribution is 7.17. The molecule has 0 fully saturated rings. The highest BCUT2D eigenvalue weighted by atomic mass is 35.5. The van der Waals surface area contributed by atoms with Crippen molar-refractivity contribution in [1.29, 1.82) is 0 Å². The minimum Gasteiger partial charge on any atom is -0.489 e. The number of imidazole rings is 1. The molecule has 31 heavy (non-hydrogen) atoms. The van der Waals surface area contributed by atoms with E-state index in [2.05, 4.69) is 4.98 Å². The molecule has 0 aliphatic heterocycles. The highest BCUT2D eigenvalue weighted by Crippen LogP contribution is 2.34. The molecule has 0 aliphatic carbocycles. The average molecular weight is 455 g/mol. The van der Waals surface area contributed by atoms with Crippen LogP contribution in [0.5, 0.6) is 5.75 Å². The number of thiazole rings is 1. The fraction of sp³-hybridized carbons (Fsp3) is 0.174. The van der Waals surface area contributed by atoms with Crippen molar-refractivity contribution in [2.45, 2.75) is 20.0 Å². The number of carbonyl (C=O) groups excluding carboxylic acids is 2. The van der Waals surface area contributed by atoms with Crippen LogP contribution in [0, 0.1) is 0 Å². The number of rotatable bonds is 8. The summed E-state index contributed by atoms with van der Waals surface area (Å²) in [6, 6.07) is 15.2.